The van der Waals surface area contributed by atoms with Crippen LogP contribution in [0.3, 0.4) is 0 Å². The molecule has 1 unspecified atom stereocenters. The van der Waals surface area contributed by atoms with Gasteiger partial charge in [0, 0.05) is 0 Å². The van der Waals surface area contributed by atoms with Crippen LogP contribution >= 0.6 is 0 Å². The monoisotopic (exact) mass is 230 g/mol. The first-order chi connectivity index (χ1) is 8.26. The molecule has 0 N–H and O–H groups in total. The molecule has 2 aromatic rings. The van der Waals surface area contributed by atoms with Crippen molar-refractivity contribution in [3.05, 3.63) is 30.2 Å². The molecule has 17 heavy (non-hydrogen) atoms. The van der Waals surface area contributed by atoms with Gasteiger partial charge in [0.05, 0.1) is 12.7 Å². The molecule has 1 aromatic heterocycles. The van der Waals surface area contributed by atoms with E-state index in [0.29, 0.717) is 11.1 Å². The number of ether oxygens (including phenoxy) is 1. The lowest BCUT2D eigenvalue weighted by atomic mass is 10.2. The maximum absolute atomic E-state index is 11.5. The van der Waals surface area contributed by atoms with Gasteiger partial charge in [-0.25, -0.2) is 4.98 Å². The second-order valence-corrected chi connectivity index (χ2v) is 3.33. The van der Waals surface area contributed by atoms with E-state index in [9.17, 15) is 4.79 Å². The Bertz CT molecular complexity index is 550. The summed E-state index contributed by atoms with van der Waals surface area (Å²) >= 11 is 0. The van der Waals surface area contributed by atoms with Gasteiger partial charge < -0.3 is 9.15 Å². The van der Waals surface area contributed by atoms with Gasteiger partial charge in [-0.3, -0.25) is 4.79 Å². The van der Waals surface area contributed by atoms with Crippen LogP contribution in [0.1, 0.15) is 18.7 Å². The lowest BCUT2D eigenvalue weighted by Crippen LogP contribution is -2.14. The Morgan fingerprint density at radius 1 is 1.59 bits per heavy atom. The van der Waals surface area contributed by atoms with Gasteiger partial charge in [-0.05, 0) is 19.1 Å². The van der Waals surface area contributed by atoms with Crippen molar-refractivity contribution < 1.29 is 13.9 Å². The highest BCUT2D eigenvalue weighted by Crippen LogP contribution is 2.21. The van der Waals surface area contributed by atoms with Crippen LogP contribution in [0.15, 0.2) is 28.7 Å². The minimum absolute atomic E-state index is 0.0761. The maximum Gasteiger partial charge on any atom is 0.333 e. The van der Waals surface area contributed by atoms with Gasteiger partial charge >= 0.3 is 5.97 Å². The van der Waals surface area contributed by atoms with Gasteiger partial charge in [-0.15, -0.1) is 0 Å². The van der Waals surface area contributed by atoms with E-state index in [1.54, 1.807) is 31.2 Å². The number of carbonyl (C=O) groups is 1. The molecule has 0 aliphatic rings. The van der Waals surface area contributed by atoms with Gasteiger partial charge in [0.1, 0.15) is 5.52 Å². The first kappa shape index (κ1) is 11.1. The van der Waals surface area contributed by atoms with Crippen LogP contribution in [0.2, 0.25) is 0 Å². The van der Waals surface area contributed by atoms with E-state index in [4.69, 9.17) is 14.4 Å². The summed E-state index contributed by atoms with van der Waals surface area (Å²) in [4.78, 5) is 15.6. The normalized spacial score (nSPS) is 12.0. The highest BCUT2D eigenvalue weighted by molar-refractivity contribution is 5.81. The van der Waals surface area contributed by atoms with Crippen molar-refractivity contribution in [1.82, 2.24) is 4.98 Å². The van der Waals surface area contributed by atoms with Crippen LogP contribution in [-0.4, -0.2) is 17.6 Å². The summed E-state index contributed by atoms with van der Waals surface area (Å²) in [7, 11) is 0. The molecular formula is C12H10N2O3. The molecule has 5 nitrogen and oxygen atoms in total. The SMILES string of the molecule is CCOC(=O)C(C#N)c1nc2ccccc2o1. The summed E-state index contributed by atoms with van der Waals surface area (Å²) < 4.78 is 10.1. The highest BCUT2D eigenvalue weighted by Gasteiger charge is 2.27. The number of benzene rings is 1. The number of hydrogen-bond acceptors (Lipinski definition) is 5. The fraction of sp³-hybridized carbons (Fsp3) is 0.250. The zero-order valence-electron chi connectivity index (χ0n) is 9.21. The fourth-order valence-corrected chi connectivity index (χ4v) is 1.45. The average molecular weight is 230 g/mol. The first-order valence-corrected chi connectivity index (χ1v) is 5.18. The standard InChI is InChI=1S/C12H10N2O3/c1-2-16-12(15)8(7-13)11-14-9-5-3-4-6-10(9)17-11/h3-6,8H,2H2,1H3. The van der Waals surface area contributed by atoms with Gasteiger partial charge in [-0.2, -0.15) is 5.26 Å². The second kappa shape index (κ2) is 4.66. The molecule has 2 rings (SSSR count). The molecule has 1 aromatic carbocycles. The zero-order valence-corrected chi connectivity index (χ0v) is 9.21. The number of carbonyl (C=O) groups excluding carboxylic acids is 1. The smallest absolute Gasteiger partial charge is 0.333 e. The van der Waals surface area contributed by atoms with Crippen LogP contribution in [-0.2, 0) is 9.53 Å². The molecular weight excluding hydrogens is 220 g/mol. The number of para-hydroxylation sites is 2. The predicted octanol–water partition coefficient (Wildman–Crippen LogP) is 2.00. The molecule has 86 valence electrons. The van der Waals surface area contributed by atoms with Crippen molar-refractivity contribution in [1.29, 1.82) is 5.26 Å². The topological polar surface area (TPSA) is 76.1 Å². The third-order valence-electron chi connectivity index (χ3n) is 2.21. The van der Waals surface area contributed by atoms with Crippen molar-refractivity contribution in [2.75, 3.05) is 6.61 Å². The van der Waals surface area contributed by atoms with Crippen molar-refractivity contribution in [2.45, 2.75) is 12.8 Å². The molecule has 0 aliphatic heterocycles. The Kier molecular flexibility index (Phi) is 3.06. The molecule has 0 bridgehead atoms. The molecule has 0 saturated heterocycles. The van der Waals surface area contributed by atoms with Gasteiger partial charge in [-0.1, -0.05) is 12.1 Å². The molecule has 0 saturated carbocycles. The molecule has 0 aliphatic carbocycles. The van der Waals surface area contributed by atoms with Crippen LogP contribution < -0.4 is 0 Å². The van der Waals surface area contributed by atoms with E-state index in [1.165, 1.54) is 0 Å². The van der Waals surface area contributed by atoms with Crippen LogP contribution in [0, 0.1) is 11.3 Å². The summed E-state index contributed by atoms with van der Waals surface area (Å²) in [6.07, 6.45) is 0. The highest BCUT2D eigenvalue weighted by atomic mass is 16.5. The number of nitriles is 1. The summed E-state index contributed by atoms with van der Waals surface area (Å²) in [5.74, 6) is -1.67. The van der Waals surface area contributed by atoms with E-state index in [-0.39, 0.29) is 12.5 Å². The maximum atomic E-state index is 11.5. The number of esters is 1. The molecule has 0 fully saturated rings. The quantitative estimate of drug-likeness (QED) is 0.753. The zero-order chi connectivity index (χ0) is 12.3. The largest absolute Gasteiger partial charge is 0.465 e. The average Bonchev–Trinajstić information content (AvgIpc) is 2.73. The van der Waals surface area contributed by atoms with Gasteiger partial charge in [0.25, 0.3) is 0 Å². The Morgan fingerprint density at radius 3 is 3.00 bits per heavy atom. The molecule has 0 spiro atoms. The van der Waals surface area contributed by atoms with Gasteiger partial charge in [0.15, 0.2) is 5.58 Å². The molecule has 1 atom stereocenters. The van der Waals surface area contributed by atoms with Crippen molar-refractivity contribution in [3.63, 3.8) is 0 Å². The van der Waals surface area contributed by atoms with Crippen LogP contribution in [0.25, 0.3) is 11.1 Å². The van der Waals surface area contributed by atoms with Crippen LogP contribution in [0.4, 0.5) is 0 Å². The predicted molar refractivity (Wildman–Crippen MR) is 59.0 cm³/mol. The Morgan fingerprint density at radius 2 is 2.35 bits per heavy atom. The van der Waals surface area contributed by atoms with E-state index in [1.807, 2.05) is 6.07 Å². The Balaban J connectivity index is 2.37. The fourth-order valence-electron chi connectivity index (χ4n) is 1.45. The lowest BCUT2D eigenvalue weighted by Gasteiger charge is -2.03. The minimum atomic E-state index is -1.11. The molecule has 5 heteroatoms. The van der Waals surface area contributed by atoms with Crippen LogP contribution in [0.5, 0.6) is 0 Å². The number of oxazole rings is 1. The molecule has 0 radical (unpaired) electrons. The second-order valence-electron chi connectivity index (χ2n) is 3.33. The number of fused-ring (bicyclic) bond motifs is 1. The summed E-state index contributed by atoms with van der Waals surface area (Å²) in [6.45, 7) is 1.90. The first-order valence-electron chi connectivity index (χ1n) is 5.18. The lowest BCUT2D eigenvalue weighted by molar-refractivity contribution is -0.143. The number of rotatable bonds is 3. The summed E-state index contributed by atoms with van der Waals surface area (Å²) in [6, 6.07) is 8.91. The number of aromatic nitrogens is 1. The van der Waals surface area contributed by atoms with E-state index < -0.39 is 11.9 Å². The van der Waals surface area contributed by atoms with E-state index in [0.717, 1.165) is 0 Å². The Hall–Kier alpha value is -2.35. The summed E-state index contributed by atoms with van der Waals surface area (Å²) in [5, 5.41) is 8.95. The minimum Gasteiger partial charge on any atom is -0.465 e. The summed E-state index contributed by atoms with van der Waals surface area (Å²) in [5.41, 5.74) is 1.17. The van der Waals surface area contributed by atoms with E-state index >= 15 is 0 Å². The third kappa shape index (κ3) is 2.11. The van der Waals surface area contributed by atoms with Crippen molar-refractivity contribution in [2.24, 2.45) is 0 Å². The molecule has 0 amide bonds. The van der Waals surface area contributed by atoms with Crippen molar-refractivity contribution in [3.8, 4) is 6.07 Å². The van der Waals surface area contributed by atoms with Crippen molar-refractivity contribution >= 4 is 17.1 Å². The number of nitrogens with zero attached hydrogens (tertiary/aromatic N) is 2. The van der Waals surface area contributed by atoms with E-state index in [2.05, 4.69) is 4.98 Å². The Labute approximate surface area is 97.6 Å². The van der Waals surface area contributed by atoms with Gasteiger partial charge in [0.2, 0.25) is 11.8 Å². The molecule has 1 heterocycles. The third-order valence-corrected chi connectivity index (χ3v) is 2.21. The number of hydrogen-bond donors (Lipinski definition) is 0.